The first kappa shape index (κ1) is 27.8. The third-order valence-electron chi connectivity index (χ3n) is 7.22. The molecule has 0 radical (unpaired) electrons. The molecule has 0 bridgehead atoms. The Morgan fingerprint density at radius 1 is 1.07 bits per heavy atom. The van der Waals surface area contributed by atoms with Crippen molar-refractivity contribution in [2.24, 2.45) is 0 Å². The molecular weight excluding hydrogens is 581 g/mol. The van der Waals surface area contributed by atoms with Crippen LogP contribution in [0.5, 0.6) is 0 Å². The zero-order valence-electron chi connectivity index (χ0n) is 22.0. The summed E-state index contributed by atoms with van der Waals surface area (Å²) in [6, 6.07) is 18.8. The molecule has 1 saturated heterocycles. The molecule has 0 amide bonds. The highest BCUT2D eigenvalue weighted by molar-refractivity contribution is 6.36. The van der Waals surface area contributed by atoms with E-state index in [0.717, 1.165) is 5.56 Å². The van der Waals surface area contributed by atoms with Gasteiger partial charge in [0.15, 0.2) is 0 Å². The maximum atomic E-state index is 14.7. The Bertz CT molecular complexity index is 1790. The van der Waals surface area contributed by atoms with Crippen LogP contribution in [-0.4, -0.2) is 39.2 Å². The summed E-state index contributed by atoms with van der Waals surface area (Å²) in [7, 11) is 0. The minimum absolute atomic E-state index is 0.0559. The number of benzene rings is 3. The Balaban J connectivity index is 1.41. The third kappa shape index (κ3) is 5.59. The summed E-state index contributed by atoms with van der Waals surface area (Å²) >= 11 is 12.7. The maximum absolute atomic E-state index is 14.7. The van der Waals surface area contributed by atoms with Crippen molar-refractivity contribution in [3.05, 3.63) is 106 Å². The van der Waals surface area contributed by atoms with E-state index in [-0.39, 0.29) is 17.1 Å². The van der Waals surface area contributed by atoms with Gasteiger partial charge >= 0.3 is 0 Å². The molecule has 0 aliphatic carbocycles. The summed E-state index contributed by atoms with van der Waals surface area (Å²) in [5, 5.41) is 29.2. The maximum Gasteiger partial charge on any atom is 0.141 e. The number of aromatic nitrogens is 4. The van der Waals surface area contributed by atoms with Crippen LogP contribution in [-0.2, 0) is 0 Å². The molecule has 0 spiro atoms. The predicted molar refractivity (Wildman–Crippen MR) is 160 cm³/mol. The van der Waals surface area contributed by atoms with Crippen LogP contribution in [0.4, 0.5) is 25.8 Å². The molecule has 2 unspecified atom stereocenters. The number of fused-ring (bicyclic) bond motifs is 1. The zero-order valence-corrected chi connectivity index (χ0v) is 23.5. The van der Waals surface area contributed by atoms with Gasteiger partial charge in [0.05, 0.1) is 45.1 Å². The molecule has 1 aliphatic heterocycles. The van der Waals surface area contributed by atoms with Gasteiger partial charge in [0, 0.05) is 29.5 Å². The number of pyridine rings is 1. The first-order valence-corrected chi connectivity index (χ1v) is 14.0. The lowest BCUT2D eigenvalue weighted by Crippen LogP contribution is -2.39. The Hall–Kier alpha value is -4.30. The van der Waals surface area contributed by atoms with Crippen LogP contribution >= 0.6 is 23.2 Å². The summed E-state index contributed by atoms with van der Waals surface area (Å²) in [6.45, 7) is 0.977. The minimum atomic E-state index is -1.07. The van der Waals surface area contributed by atoms with Gasteiger partial charge in [0.25, 0.3) is 0 Å². The number of alkyl halides is 1. The number of hydrogen-bond donors (Lipinski definition) is 3. The number of rotatable bonds is 7. The Morgan fingerprint density at radius 3 is 2.64 bits per heavy atom. The summed E-state index contributed by atoms with van der Waals surface area (Å²) < 4.78 is 30.1. The molecule has 42 heavy (non-hydrogen) atoms. The second kappa shape index (κ2) is 11.9. The minimum Gasteiger partial charge on any atom is -0.373 e. The molecule has 0 saturated carbocycles. The van der Waals surface area contributed by atoms with Crippen molar-refractivity contribution in [2.75, 3.05) is 23.7 Å². The van der Waals surface area contributed by atoms with Gasteiger partial charge in [-0.3, -0.25) is 4.98 Å². The van der Waals surface area contributed by atoms with Crippen LogP contribution < -0.4 is 16.0 Å². The lowest BCUT2D eigenvalue weighted by molar-refractivity contribution is 0.171. The van der Waals surface area contributed by atoms with Gasteiger partial charge in [0.1, 0.15) is 23.8 Å². The SMILES string of the molecule is N#Cc1cnc2c(Cl)cc(N[C@@H](c3ccccc3)c3cn(C4CCNCC4F)nn3)cc2c1Nc1ccc(F)c(Cl)c1. The largest absolute Gasteiger partial charge is 0.373 e. The second-order valence-corrected chi connectivity index (χ2v) is 10.8. The van der Waals surface area contributed by atoms with E-state index in [1.54, 1.807) is 16.9 Å². The highest BCUT2D eigenvalue weighted by Gasteiger charge is 2.28. The molecule has 3 atom stereocenters. The van der Waals surface area contributed by atoms with E-state index in [1.165, 1.54) is 24.4 Å². The van der Waals surface area contributed by atoms with Gasteiger partial charge < -0.3 is 16.0 Å². The monoisotopic (exact) mass is 604 g/mol. The van der Waals surface area contributed by atoms with Crippen molar-refractivity contribution in [1.82, 2.24) is 25.3 Å². The van der Waals surface area contributed by atoms with Gasteiger partial charge in [0.2, 0.25) is 0 Å². The second-order valence-electron chi connectivity index (χ2n) is 9.95. The Morgan fingerprint density at radius 2 is 1.88 bits per heavy atom. The molecule has 5 aromatic rings. The van der Waals surface area contributed by atoms with E-state index < -0.39 is 24.1 Å². The third-order valence-corrected chi connectivity index (χ3v) is 7.79. The quantitative estimate of drug-likeness (QED) is 0.184. The van der Waals surface area contributed by atoms with E-state index >= 15 is 0 Å². The number of piperidine rings is 1. The van der Waals surface area contributed by atoms with Crippen LogP contribution in [0, 0.1) is 17.1 Å². The lowest BCUT2D eigenvalue weighted by Gasteiger charge is -2.26. The van der Waals surface area contributed by atoms with Gasteiger partial charge in [-0.15, -0.1) is 5.10 Å². The summed E-state index contributed by atoms with van der Waals surface area (Å²) in [5.74, 6) is -0.553. The number of nitrogens with zero attached hydrogens (tertiary/aromatic N) is 5. The van der Waals surface area contributed by atoms with Crippen LogP contribution in [0.2, 0.25) is 10.0 Å². The van der Waals surface area contributed by atoms with Crippen LogP contribution in [0.25, 0.3) is 10.9 Å². The van der Waals surface area contributed by atoms with Crippen molar-refractivity contribution in [2.45, 2.75) is 24.7 Å². The Kier molecular flexibility index (Phi) is 7.89. The first-order valence-electron chi connectivity index (χ1n) is 13.2. The van der Waals surface area contributed by atoms with Gasteiger partial charge in [-0.05, 0) is 48.9 Å². The molecule has 3 aromatic carbocycles. The van der Waals surface area contributed by atoms with E-state index in [2.05, 4.69) is 37.3 Å². The zero-order chi connectivity index (χ0) is 29.2. The van der Waals surface area contributed by atoms with E-state index in [4.69, 9.17) is 23.2 Å². The topological polar surface area (TPSA) is 103 Å². The highest BCUT2D eigenvalue weighted by atomic mass is 35.5. The summed E-state index contributed by atoms with van der Waals surface area (Å²) in [5.41, 5.74) is 3.80. The molecule has 212 valence electrons. The van der Waals surface area contributed by atoms with Crippen LogP contribution in [0.3, 0.4) is 0 Å². The fraction of sp³-hybridized carbons (Fsp3) is 0.200. The molecule has 1 aliphatic rings. The number of anilines is 3. The normalized spacial score (nSPS) is 17.5. The van der Waals surface area contributed by atoms with Crippen molar-refractivity contribution < 1.29 is 8.78 Å². The predicted octanol–water partition coefficient (Wildman–Crippen LogP) is 6.96. The van der Waals surface area contributed by atoms with E-state index in [0.29, 0.717) is 51.6 Å². The first-order chi connectivity index (χ1) is 20.4. The fourth-order valence-corrected chi connectivity index (χ4v) is 5.56. The molecular formula is C30H24Cl2F2N8. The van der Waals surface area contributed by atoms with Crippen molar-refractivity contribution in [3.63, 3.8) is 0 Å². The van der Waals surface area contributed by atoms with Gasteiger partial charge in [-0.2, -0.15) is 5.26 Å². The van der Waals surface area contributed by atoms with Crippen molar-refractivity contribution >= 4 is 51.2 Å². The number of nitrogens with one attached hydrogen (secondary N) is 3. The average molecular weight is 605 g/mol. The van der Waals surface area contributed by atoms with Crippen LogP contribution in [0.15, 0.2) is 73.1 Å². The Labute approximate surface area is 250 Å². The summed E-state index contributed by atoms with van der Waals surface area (Å²) in [4.78, 5) is 4.41. The fourth-order valence-electron chi connectivity index (χ4n) is 5.11. The average Bonchev–Trinajstić information content (AvgIpc) is 3.48. The highest BCUT2D eigenvalue weighted by Crippen LogP contribution is 2.37. The standard InChI is InChI=1S/C30H24Cl2F2N8/c31-22-11-19(6-7-24(22)33)38-28-18(13-35)14-37-30-21(28)10-20(12-23(30)32)39-29(17-4-2-1-3-5-17)26-16-42(41-40-26)27-8-9-36-15-25(27)34/h1-7,10-12,14,16,25,27,29,36,39H,8-9,15H2,(H,37,38)/t25?,27?,29-/m0/s1. The van der Waals surface area contributed by atoms with Gasteiger partial charge in [-0.1, -0.05) is 58.7 Å². The van der Waals surface area contributed by atoms with Crippen molar-refractivity contribution in [1.29, 1.82) is 5.26 Å². The summed E-state index contributed by atoms with van der Waals surface area (Å²) in [6.07, 6.45) is 2.74. The molecule has 2 aromatic heterocycles. The molecule has 6 rings (SSSR count). The molecule has 1 fully saturated rings. The molecule has 3 heterocycles. The van der Waals surface area contributed by atoms with Crippen LogP contribution in [0.1, 0.15) is 35.3 Å². The smallest absolute Gasteiger partial charge is 0.141 e. The van der Waals surface area contributed by atoms with Crippen molar-refractivity contribution in [3.8, 4) is 6.07 Å². The molecule has 8 nitrogen and oxygen atoms in total. The number of halogens is 4. The number of hydrogen-bond acceptors (Lipinski definition) is 7. The van der Waals surface area contributed by atoms with Gasteiger partial charge in [-0.25, -0.2) is 13.5 Å². The molecule has 12 heteroatoms. The molecule has 3 N–H and O–H groups in total. The number of nitriles is 1. The van der Waals surface area contributed by atoms with E-state index in [1.807, 2.05) is 36.4 Å². The van der Waals surface area contributed by atoms with E-state index in [9.17, 15) is 14.0 Å². The lowest BCUT2D eigenvalue weighted by atomic mass is 10.0.